The van der Waals surface area contributed by atoms with E-state index in [9.17, 15) is 27.6 Å². The molecule has 3 fully saturated rings. The Hall–Kier alpha value is -3.96. The molecule has 0 spiro atoms. The van der Waals surface area contributed by atoms with Crippen molar-refractivity contribution in [3.05, 3.63) is 46.6 Å². The lowest BCUT2D eigenvalue weighted by Gasteiger charge is -2.39. The van der Waals surface area contributed by atoms with Crippen LogP contribution in [0.1, 0.15) is 83.0 Å². The first-order valence-electron chi connectivity index (χ1n) is 15.3. The Balaban J connectivity index is 0.00000196. The quantitative estimate of drug-likeness (QED) is 0.479. The third-order valence-electron chi connectivity index (χ3n) is 9.21. The van der Waals surface area contributed by atoms with E-state index in [-0.39, 0.29) is 41.9 Å². The summed E-state index contributed by atoms with van der Waals surface area (Å²) in [6.07, 6.45) is -0.822. The molecule has 1 aliphatic carbocycles. The van der Waals surface area contributed by atoms with Gasteiger partial charge in [0.15, 0.2) is 5.69 Å². The molecule has 0 radical (unpaired) electrons. The molecule has 2 N–H and O–H groups in total. The number of rotatable bonds is 7. The van der Waals surface area contributed by atoms with E-state index in [0.29, 0.717) is 56.2 Å². The molecule has 3 unspecified atom stereocenters. The summed E-state index contributed by atoms with van der Waals surface area (Å²) < 4.78 is 47.6. The fourth-order valence-electron chi connectivity index (χ4n) is 6.76. The Labute approximate surface area is 259 Å². The molecule has 242 valence electrons. The molecule has 2 aromatic rings. The molecule has 4 heterocycles. The molecule has 4 aliphatic rings. The van der Waals surface area contributed by atoms with Crippen LogP contribution in [0.4, 0.5) is 19.0 Å². The second-order valence-electron chi connectivity index (χ2n) is 11.9. The summed E-state index contributed by atoms with van der Waals surface area (Å²) in [5.74, 6) is -1.25. The summed E-state index contributed by atoms with van der Waals surface area (Å²) >= 11 is 0. The molecule has 1 saturated carbocycles. The van der Waals surface area contributed by atoms with Crippen molar-refractivity contribution in [1.82, 2.24) is 25.3 Å². The molecule has 1 aromatic heterocycles. The number of likely N-dealkylation sites (N-methyl/N-ethyl adjacent to an activating group) is 2. The van der Waals surface area contributed by atoms with Crippen LogP contribution in [0.15, 0.2) is 24.3 Å². The number of nitrogens with one attached hydrogen (secondary N) is 2. The van der Waals surface area contributed by atoms with Gasteiger partial charge in [-0.25, -0.2) is 9.94 Å². The molecular formula is C31H38F3N7O4. The fraction of sp³-hybridized carbons (Fsp3) is 0.581. The number of ether oxygens (including phenoxy) is 1. The van der Waals surface area contributed by atoms with Crippen LogP contribution in [0.2, 0.25) is 0 Å². The number of hydrogen-bond donors (Lipinski definition) is 2. The van der Waals surface area contributed by atoms with Gasteiger partial charge >= 0.3 is 6.18 Å². The molecule has 1 aromatic carbocycles. The van der Waals surface area contributed by atoms with E-state index in [4.69, 9.17) is 15.1 Å². The van der Waals surface area contributed by atoms with Crippen molar-refractivity contribution >= 4 is 23.5 Å². The molecule has 3 amide bonds. The number of benzene rings is 1. The van der Waals surface area contributed by atoms with Crippen LogP contribution in [0.3, 0.4) is 0 Å². The average molecular weight is 630 g/mol. The number of nitriles is 1. The maximum atomic E-state index is 14.2. The number of carbonyl (C=O) groups is 3. The van der Waals surface area contributed by atoms with Gasteiger partial charge in [0.1, 0.15) is 11.9 Å². The highest BCUT2D eigenvalue weighted by atomic mass is 19.4. The van der Waals surface area contributed by atoms with E-state index in [0.717, 1.165) is 31.4 Å². The molecule has 45 heavy (non-hydrogen) atoms. The van der Waals surface area contributed by atoms with Crippen LogP contribution >= 0.6 is 0 Å². The Morgan fingerprint density at radius 2 is 1.84 bits per heavy atom. The lowest BCUT2D eigenvalue weighted by Crippen LogP contribution is -2.56. The molecule has 2 saturated heterocycles. The highest BCUT2D eigenvalue weighted by Gasteiger charge is 2.52. The van der Waals surface area contributed by atoms with Crippen molar-refractivity contribution in [2.24, 2.45) is 5.92 Å². The van der Waals surface area contributed by atoms with Gasteiger partial charge in [-0.2, -0.15) is 18.3 Å². The number of alkyl halides is 3. The zero-order chi connectivity index (χ0) is 32.5. The first-order chi connectivity index (χ1) is 21.6. The fourth-order valence-corrected chi connectivity index (χ4v) is 6.76. The predicted octanol–water partition coefficient (Wildman–Crippen LogP) is 3.49. The highest BCUT2D eigenvalue weighted by Crippen LogP contribution is 2.52. The number of nitrogens with zero attached hydrogens (tertiary/aromatic N) is 5. The summed E-state index contributed by atoms with van der Waals surface area (Å²) in [5.41, 5.74) is -0.181. The number of amides is 3. The molecule has 11 nitrogen and oxygen atoms in total. The standard InChI is InChI=1S/C30H37F3N6O4.CHN/c1-3-38-27-23(25(28(41)37-12-9-20(16-37)34-2)36-39(27)21-10-13-43-14-11-21)22(17-7-8-17)24(29(38)42)35-26(40)18-5-4-6-19(15-18)30(31,32)33;1-2/h4-6,15,17,20-22,24,34H,3,7-14,16H2,1-2H3,(H,35,40);1H. The molecule has 6 rings (SSSR count). The maximum Gasteiger partial charge on any atom is 0.416 e. The van der Waals surface area contributed by atoms with Gasteiger partial charge in [-0.3, -0.25) is 19.3 Å². The van der Waals surface area contributed by atoms with Crippen molar-refractivity contribution in [2.45, 2.75) is 69.2 Å². The van der Waals surface area contributed by atoms with Crippen molar-refractivity contribution in [3.63, 3.8) is 0 Å². The molecule has 14 heteroatoms. The summed E-state index contributed by atoms with van der Waals surface area (Å²) in [4.78, 5) is 45.1. The van der Waals surface area contributed by atoms with Crippen molar-refractivity contribution in [3.8, 4) is 6.57 Å². The van der Waals surface area contributed by atoms with Crippen LogP contribution in [0, 0.1) is 17.8 Å². The minimum atomic E-state index is -4.61. The number of fused-ring (bicyclic) bond motifs is 1. The Morgan fingerprint density at radius 1 is 1.13 bits per heavy atom. The Bertz CT molecular complexity index is 1450. The molecular weight excluding hydrogens is 591 g/mol. The van der Waals surface area contributed by atoms with Gasteiger partial charge in [-0.15, -0.1) is 0 Å². The second kappa shape index (κ2) is 13.2. The number of hydrogen-bond acceptors (Lipinski definition) is 7. The first-order valence-corrected chi connectivity index (χ1v) is 15.3. The van der Waals surface area contributed by atoms with Crippen LogP contribution in [0.25, 0.3) is 0 Å². The summed E-state index contributed by atoms with van der Waals surface area (Å²) in [6.45, 7) is 7.79. The van der Waals surface area contributed by atoms with Gasteiger partial charge in [0.05, 0.1) is 11.6 Å². The van der Waals surface area contributed by atoms with E-state index in [1.165, 1.54) is 12.1 Å². The summed E-state index contributed by atoms with van der Waals surface area (Å²) in [7, 11) is 1.87. The summed E-state index contributed by atoms with van der Waals surface area (Å²) in [5, 5.41) is 17.5. The zero-order valence-corrected chi connectivity index (χ0v) is 25.3. The monoisotopic (exact) mass is 629 g/mol. The van der Waals surface area contributed by atoms with Crippen molar-refractivity contribution in [1.29, 1.82) is 5.26 Å². The van der Waals surface area contributed by atoms with Crippen LogP contribution in [-0.2, 0) is 15.7 Å². The third-order valence-corrected chi connectivity index (χ3v) is 9.21. The van der Waals surface area contributed by atoms with Gasteiger partial charge in [0.2, 0.25) is 0 Å². The lowest BCUT2D eigenvalue weighted by atomic mass is 9.82. The Morgan fingerprint density at radius 3 is 2.44 bits per heavy atom. The third kappa shape index (κ3) is 6.28. The van der Waals surface area contributed by atoms with Gasteiger partial charge in [-0.1, -0.05) is 6.07 Å². The number of likely N-dealkylation sites (tertiary alicyclic amines) is 1. The molecule has 3 aliphatic heterocycles. The second-order valence-corrected chi connectivity index (χ2v) is 11.9. The van der Waals surface area contributed by atoms with Gasteiger partial charge in [-0.05, 0) is 70.2 Å². The van der Waals surface area contributed by atoms with E-state index in [1.807, 2.05) is 18.7 Å². The topological polar surface area (TPSA) is 133 Å². The molecule has 0 bridgehead atoms. The predicted molar refractivity (Wildman–Crippen MR) is 158 cm³/mol. The van der Waals surface area contributed by atoms with E-state index >= 15 is 0 Å². The van der Waals surface area contributed by atoms with Gasteiger partial charge in [0.25, 0.3) is 17.7 Å². The Kier molecular flexibility index (Phi) is 9.50. The first kappa shape index (κ1) is 32.4. The van der Waals surface area contributed by atoms with Crippen LogP contribution < -0.4 is 15.5 Å². The maximum absolute atomic E-state index is 14.2. The smallest absolute Gasteiger partial charge is 0.381 e. The van der Waals surface area contributed by atoms with E-state index in [1.54, 1.807) is 9.80 Å². The van der Waals surface area contributed by atoms with Crippen molar-refractivity contribution < 1.29 is 32.3 Å². The number of carbonyl (C=O) groups excluding carboxylic acids is 3. The van der Waals surface area contributed by atoms with Gasteiger partial charge in [0, 0.05) is 62.5 Å². The largest absolute Gasteiger partial charge is 0.416 e. The van der Waals surface area contributed by atoms with E-state index < -0.39 is 29.6 Å². The number of halogens is 3. The normalized spacial score (nSPS) is 23.7. The minimum Gasteiger partial charge on any atom is -0.381 e. The van der Waals surface area contributed by atoms with E-state index in [2.05, 4.69) is 17.2 Å². The molecule has 3 atom stereocenters. The van der Waals surface area contributed by atoms with Crippen LogP contribution in [0.5, 0.6) is 0 Å². The minimum absolute atomic E-state index is 0.0241. The van der Waals surface area contributed by atoms with Crippen molar-refractivity contribution in [2.75, 3.05) is 44.8 Å². The SMILES string of the molecule is C#N.CCN1C(=O)C(NC(=O)c2cccc(C(F)(F)F)c2)C(C2CC2)c2c(C(=O)N3CCC(NC)C3)nn(C3CCOCC3)c21. The highest BCUT2D eigenvalue weighted by molar-refractivity contribution is 6.07. The number of aromatic nitrogens is 2. The van der Waals surface area contributed by atoms with Gasteiger partial charge < -0.3 is 20.3 Å². The summed E-state index contributed by atoms with van der Waals surface area (Å²) in [6, 6.07) is 3.23. The lowest BCUT2D eigenvalue weighted by molar-refractivity contribution is -0.137. The zero-order valence-electron chi connectivity index (χ0n) is 25.3. The number of anilines is 1. The average Bonchev–Trinajstić information content (AvgIpc) is 3.64. The van der Waals surface area contributed by atoms with Crippen LogP contribution in [-0.4, -0.2) is 84.4 Å².